The van der Waals surface area contributed by atoms with Gasteiger partial charge in [-0.25, -0.2) is 0 Å². The molecule has 0 radical (unpaired) electrons. The Morgan fingerprint density at radius 2 is 1.87 bits per heavy atom. The molecule has 0 aliphatic rings. The number of carbonyl (C=O) groups is 1. The van der Waals surface area contributed by atoms with Gasteiger partial charge in [0.15, 0.2) is 0 Å². The van der Waals surface area contributed by atoms with Crippen LogP contribution in [-0.2, 0) is 6.54 Å². The second-order valence-corrected chi connectivity index (χ2v) is 5.76. The number of hydrogen-bond acceptors (Lipinski definition) is 2. The minimum absolute atomic E-state index is 0.103. The number of aromatic amines is 1. The van der Waals surface area contributed by atoms with Crippen LogP contribution in [0.1, 0.15) is 27.2 Å². The molecule has 1 amide bonds. The maximum absolute atomic E-state index is 12.3. The second kappa shape index (κ2) is 6.16. The van der Waals surface area contributed by atoms with Gasteiger partial charge in [-0.1, -0.05) is 18.2 Å². The number of nitrogens with one attached hydrogen (secondary N) is 2. The zero-order valence-corrected chi connectivity index (χ0v) is 13.6. The topological polar surface area (TPSA) is 54.1 Å². The molecule has 3 aromatic rings. The molecule has 0 aliphatic heterocycles. The van der Waals surface area contributed by atoms with E-state index < -0.39 is 0 Å². The van der Waals surface area contributed by atoms with E-state index in [0.29, 0.717) is 12.2 Å². The highest BCUT2D eigenvalue weighted by molar-refractivity contribution is 5.98. The fourth-order valence-corrected chi connectivity index (χ4v) is 2.74. The van der Waals surface area contributed by atoms with Crippen LogP contribution >= 0.6 is 0 Å². The lowest BCUT2D eigenvalue weighted by molar-refractivity contribution is 0.0947. The smallest absolute Gasteiger partial charge is 0.267 e. The summed E-state index contributed by atoms with van der Waals surface area (Å²) >= 11 is 0. The van der Waals surface area contributed by atoms with Crippen molar-refractivity contribution >= 4 is 16.8 Å². The summed E-state index contributed by atoms with van der Waals surface area (Å²) in [6.07, 6.45) is 0. The lowest BCUT2D eigenvalue weighted by atomic mass is 10.1. The molecule has 2 N–H and O–H groups in total. The molecule has 23 heavy (non-hydrogen) atoms. The number of aryl methyl sites for hydroxylation is 2. The van der Waals surface area contributed by atoms with Gasteiger partial charge in [0, 0.05) is 17.4 Å². The number of rotatable bonds is 4. The van der Waals surface area contributed by atoms with Gasteiger partial charge in [0.1, 0.15) is 11.4 Å². The van der Waals surface area contributed by atoms with Crippen molar-refractivity contribution in [1.29, 1.82) is 0 Å². The van der Waals surface area contributed by atoms with E-state index in [1.165, 1.54) is 11.1 Å². The highest BCUT2D eigenvalue weighted by Gasteiger charge is 2.11. The van der Waals surface area contributed by atoms with E-state index in [2.05, 4.69) is 36.3 Å². The minimum atomic E-state index is -0.103. The Hall–Kier alpha value is -2.75. The Kier molecular flexibility index (Phi) is 4.06. The molecule has 0 bridgehead atoms. The SMILES string of the molecule is COc1ccc(CNC(=O)c2cc3c(C)cc(C)cc3[nH]2)cc1. The van der Waals surface area contributed by atoms with Crippen LogP contribution in [0.4, 0.5) is 0 Å². The van der Waals surface area contributed by atoms with Gasteiger partial charge in [0.2, 0.25) is 0 Å². The Bertz CT molecular complexity index is 848. The predicted octanol–water partition coefficient (Wildman–Crippen LogP) is 3.72. The summed E-state index contributed by atoms with van der Waals surface area (Å²) in [5.41, 5.74) is 4.97. The molecular formula is C19H20N2O2. The van der Waals surface area contributed by atoms with Crippen molar-refractivity contribution < 1.29 is 9.53 Å². The van der Waals surface area contributed by atoms with E-state index in [4.69, 9.17) is 4.74 Å². The van der Waals surface area contributed by atoms with Gasteiger partial charge in [0.25, 0.3) is 5.91 Å². The molecule has 0 aliphatic carbocycles. The third-order valence-electron chi connectivity index (χ3n) is 3.95. The van der Waals surface area contributed by atoms with Gasteiger partial charge in [-0.15, -0.1) is 0 Å². The molecule has 4 heteroatoms. The average Bonchev–Trinajstić information content (AvgIpc) is 2.97. The molecule has 1 aromatic heterocycles. The highest BCUT2D eigenvalue weighted by atomic mass is 16.5. The largest absolute Gasteiger partial charge is 0.497 e. The van der Waals surface area contributed by atoms with Crippen molar-refractivity contribution in [2.45, 2.75) is 20.4 Å². The zero-order chi connectivity index (χ0) is 16.4. The van der Waals surface area contributed by atoms with E-state index in [1.807, 2.05) is 30.3 Å². The summed E-state index contributed by atoms with van der Waals surface area (Å²) in [5, 5.41) is 4.02. The summed E-state index contributed by atoms with van der Waals surface area (Å²) in [6, 6.07) is 13.7. The van der Waals surface area contributed by atoms with Crippen LogP contribution in [0, 0.1) is 13.8 Å². The maximum atomic E-state index is 12.3. The summed E-state index contributed by atoms with van der Waals surface area (Å²) in [5.74, 6) is 0.704. The van der Waals surface area contributed by atoms with Crippen molar-refractivity contribution in [3.05, 3.63) is 64.8 Å². The summed E-state index contributed by atoms with van der Waals surface area (Å²) < 4.78 is 5.13. The molecule has 0 atom stereocenters. The van der Waals surface area contributed by atoms with E-state index >= 15 is 0 Å². The maximum Gasteiger partial charge on any atom is 0.267 e. The zero-order valence-electron chi connectivity index (χ0n) is 13.6. The Morgan fingerprint density at radius 1 is 1.13 bits per heavy atom. The van der Waals surface area contributed by atoms with Crippen molar-refractivity contribution in [2.75, 3.05) is 7.11 Å². The Labute approximate surface area is 135 Å². The average molecular weight is 308 g/mol. The van der Waals surface area contributed by atoms with Crippen LogP contribution in [0.2, 0.25) is 0 Å². The molecule has 4 nitrogen and oxygen atoms in total. The van der Waals surface area contributed by atoms with Crippen LogP contribution in [0.5, 0.6) is 5.75 Å². The van der Waals surface area contributed by atoms with Crippen molar-refractivity contribution in [1.82, 2.24) is 10.3 Å². The molecule has 0 fully saturated rings. The molecule has 0 spiro atoms. The van der Waals surface area contributed by atoms with Gasteiger partial charge < -0.3 is 15.0 Å². The lowest BCUT2D eigenvalue weighted by Gasteiger charge is -2.05. The predicted molar refractivity (Wildman–Crippen MR) is 91.9 cm³/mol. The summed E-state index contributed by atoms with van der Waals surface area (Å²) in [4.78, 5) is 15.5. The van der Waals surface area contributed by atoms with E-state index in [-0.39, 0.29) is 5.91 Å². The first kappa shape index (κ1) is 15.2. The molecule has 1 heterocycles. The van der Waals surface area contributed by atoms with Crippen LogP contribution in [0.3, 0.4) is 0 Å². The number of benzene rings is 2. The molecular weight excluding hydrogens is 288 g/mol. The van der Waals surface area contributed by atoms with E-state index in [1.54, 1.807) is 7.11 Å². The van der Waals surface area contributed by atoms with Gasteiger partial charge in [-0.2, -0.15) is 0 Å². The molecule has 0 unspecified atom stereocenters. The van der Waals surface area contributed by atoms with Gasteiger partial charge >= 0.3 is 0 Å². The number of methoxy groups -OCH3 is 1. The highest BCUT2D eigenvalue weighted by Crippen LogP contribution is 2.21. The van der Waals surface area contributed by atoms with Gasteiger partial charge in [-0.3, -0.25) is 4.79 Å². The summed E-state index contributed by atoms with van der Waals surface area (Å²) in [6.45, 7) is 4.59. The number of aromatic nitrogens is 1. The first-order valence-electron chi connectivity index (χ1n) is 7.58. The Morgan fingerprint density at radius 3 is 2.57 bits per heavy atom. The Balaban J connectivity index is 1.74. The number of carbonyl (C=O) groups excluding carboxylic acids is 1. The third kappa shape index (κ3) is 3.21. The summed E-state index contributed by atoms with van der Waals surface area (Å²) in [7, 11) is 1.64. The van der Waals surface area contributed by atoms with Gasteiger partial charge in [-0.05, 0) is 54.8 Å². The van der Waals surface area contributed by atoms with Crippen LogP contribution in [-0.4, -0.2) is 18.0 Å². The third-order valence-corrected chi connectivity index (χ3v) is 3.95. The van der Waals surface area contributed by atoms with Crippen LogP contribution in [0.25, 0.3) is 10.9 Å². The number of fused-ring (bicyclic) bond motifs is 1. The van der Waals surface area contributed by atoms with Crippen molar-refractivity contribution in [3.63, 3.8) is 0 Å². The monoisotopic (exact) mass is 308 g/mol. The van der Waals surface area contributed by atoms with Gasteiger partial charge in [0.05, 0.1) is 7.11 Å². The van der Waals surface area contributed by atoms with Crippen molar-refractivity contribution in [3.8, 4) is 5.75 Å². The number of amides is 1. The molecule has 2 aromatic carbocycles. The molecule has 3 rings (SSSR count). The quantitative estimate of drug-likeness (QED) is 0.771. The van der Waals surface area contributed by atoms with Crippen LogP contribution in [0.15, 0.2) is 42.5 Å². The van der Waals surface area contributed by atoms with Crippen LogP contribution < -0.4 is 10.1 Å². The van der Waals surface area contributed by atoms with E-state index in [0.717, 1.165) is 22.2 Å². The number of H-pyrrole nitrogens is 1. The normalized spacial score (nSPS) is 10.7. The first-order chi connectivity index (χ1) is 11.1. The fraction of sp³-hybridized carbons (Fsp3) is 0.211. The first-order valence-corrected chi connectivity index (χ1v) is 7.58. The minimum Gasteiger partial charge on any atom is -0.497 e. The second-order valence-electron chi connectivity index (χ2n) is 5.76. The fourth-order valence-electron chi connectivity index (χ4n) is 2.74. The number of hydrogen-bond donors (Lipinski definition) is 2. The lowest BCUT2D eigenvalue weighted by Crippen LogP contribution is -2.22. The molecule has 118 valence electrons. The van der Waals surface area contributed by atoms with Crippen molar-refractivity contribution in [2.24, 2.45) is 0 Å². The van der Waals surface area contributed by atoms with E-state index in [9.17, 15) is 4.79 Å². The number of ether oxygens (including phenoxy) is 1. The molecule has 0 saturated heterocycles. The molecule has 0 saturated carbocycles. The standard InChI is InChI=1S/C19H20N2O2/c1-12-8-13(2)16-10-18(21-17(16)9-12)19(22)20-11-14-4-6-15(23-3)7-5-14/h4-10,21H,11H2,1-3H3,(H,20,22).